The normalized spacial score (nSPS) is 18.6. The summed E-state index contributed by atoms with van der Waals surface area (Å²) in [6.45, 7) is 2.52. The Morgan fingerprint density at radius 3 is 2.89 bits per heavy atom. The van der Waals surface area contributed by atoms with Crippen LogP contribution in [0.1, 0.15) is 6.42 Å². The number of nitrogens with zero attached hydrogens (tertiary/aromatic N) is 4. The van der Waals surface area contributed by atoms with Gasteiger partial charge in [-0.2, -0.15) is 0 Å². The SMILES string of the molecule is CN(C[C@@H]1CCN(c2ccccc2)C1)C(=O)CN1C(=O)COc2cccnc21. The first-order chi connectivity index (χ1) is 13.6. The molecule has 0 radical (unpaired) electrons. The van der Waals surface area contributed by atoms with Gasteiger partial charge in [-0.25, -0.2) is 4.98 Å². The molecule has 0 unspecified atom stereocenters. The molecule has 1 saturated heterocycles. The Labute approximate surface area is 164 Å². The van der Waals surface area contributed by atoms with E-state index in [1.165, 1.54) is 10.6 Å². The monoisotopic (exact) mass is 380 g/mol. The highest BCUT2D eigenvalue weighted by Crippen LogP contribution is 2.29. The van der Waals surface area contributed by atoms with E-state index in [4.69, 9.17) is 4.74 Å². The summed E-state index contributed by atoms with van der Waals surface area (Å²) in [6, 6.07) is 13.8. The lowest BCUT2D eigenvalue weighted by molar-refractivity contribution is -0.131. The second-order valence-corrected chi connectivity index (χ2v) is 7.30. The number of pyridine rings is 1. The maximum absolute atomic E-state index is 12.8. The molecule has 7 nitrogen and oxygen atoms in total. The highest BCUT2D eigenvalue weighted by molar-refractivity contribution is 6.01. The molecule has 2 amide bonds. The molecule has 28 heavy (non-hydrogen) atoms. The van der Waals surface area contributed by atoms with Gasteiger partial charge in [0.1, 0.15) is 6.54 Å². The number of fused-ring (bicyclic) bond motifs is 1. The van der Waals surface area contributed by atoms with E-state index >= 15 is 0 Å². The second kappa shape index (κ2) is 7.88. The average molecular weight is 380 g/mol. The minimum absolute atomic E-state index is 0.0160. The number of hydrogen-bond donors (Lipinski definition) is 0. The van der Waals surface area contributed by atoms with Crippen molar-refractivity contribution in [3.05, 3.63) is 48.7 Å². The summed E-state index contributed by atoms with van der Waals surface area (Å²) in [7, 11) is 1.80. The van der Waals surface area contributed by atoms with E-state index in [2.05, 4.69) is 22.0 Å². The van der Waals surface area contributed by atoms with Crippen LogP contribution in [0.15, 0.2) is 48.7 Å². The van der Waals surface area contributed by atoms with Crippen molar-refractivity contribution in [2.24, 2.45) is 5.92 Å². The summed E-state index contributed by atoms with van der Waals surface area (Å²) in [5.74, 6) is 1.03. The summed E-state index contributed by atoms with van der Waals surface area (Å²) in [5, 5.41) is 0. The number of aromatic nitrogens is 1. The molecule has 0 bridgehead atoms. The average Bonchev–Trinajstić information content (AvgIpc) is 3.19. The number of ether oxygens (including phenoxy) is 1. The highest BCUT2D eigenvalue weighted by atomic mass is 16.5. The minimum atomic E-state index is -0.246. The molecular weight excluding hydrogens is 356 g/mol. The van der Waals surface area contributed by atoms with Crippen LogP contribution in [0.2, 0.25) is 0 Å². The second-order valence-electron chi connectivity index (χ2n) is 7.30. The third-order valence-electron chi connectivity index (χ3n) is 5.32. The summed E-state index contributed by atoms with van der Waals surface area (Å²) in [5.41, 5.74) is 1.22. The molecule has 1 aromatic carbocycles. The van der Waals surface area contributed by atoms with Crippen molar-refractivity contribution in [1.82, 2.24) is 9.88 Å². The van der Waals surface area contributed by atoms with Crippen molar-refractivity contribution < 1.29 is 14.3 Å². The van der Waals surface area contributed by atoms with E-state index in [0.717, 1.165) is 19.5 Å². The van der Waals surface area contributed by atoms with E-state index < -0.39 is 0 Å². The Hall–Kier alpha value is -3.09. The molecule has 2 aromatic rings. The smallest absolute Gasteiger partial charge is 0.266 e. The lowest BCUT2D eigenvalue weighted by atomic mass is 10.1. The Kier molecular flexibility index (Phi) is 5.14. The van der Waals surface area contributed by atoms with Crippen molar-refractivity contribution in [3.63, 3.8) is 0 Å². The van der Waals surface area contributed by atoms with Crippen LogP contribution in [0.4, 0.5) is 11.5 Å². The van der Waals surface area contributed by atoms with Crippen LogP contribution in [0.25, 0.3) is 0 Å². The van der Waals surface area contributed by atoms with Crippen LogP contribution in [0.5, 0.6) is 5.75 Å². The largest absolute Gasteiger partial charge is 0.480 e. The van der Waals surface area contributed by atoms with E-state index in [1.807, 2.05) is 18.2 Å². The number of para-hydroxylation sites is 1. The van der Waals surface area contributed by atoms with Crippen molar-refractivity contribution in [3.8, 4) is 5.75 Å². The molecule has 1 aromatic heterocycles. The molecule has 0 N–H and O–H groups in total. The lowest BCUT2D eigenvalue weighted by Gasteiger charge is -2.29. The zero-order valence-electron chi connectivity index (χ0n) is 16.0. The first-order valence-electron chi connectivity index (χ1n) is 9.54. The van der Waals surface area contributed by atoms with E-state index in [0.29, 0.717) is 24.0 Å². The zero-order valence-corrected chi connectivity index (χ0v) is 16.0. The Morgan fingerprint density at radius 2 is 2.07 bits per heavy atom. The fourth-order valence-corrected chi connectivity index (χ4v) is 3.80. The lowest BCUT2D eigenvalue weighted by Crippen LogP contribution is -2.46. The van der Waals surface area contributed by atoms with Crippen LogP contribution in [-0.2, 0) is 9.59 Å². The van der Waals surface area contributed by atoms with Gasteiger partial charge < -0.3 is 14.5 Å². The topological polar surface area (TPSA) is 66.0 Å². The number of anilines is 2. The summed E-state index contributed by atoms with van der Waals surface area (Å²) in [6.07, 6.45) is 2.64. The van der Waals surface area contributed by atoms with Gasteiger partial charge in [-0.15, -0.1) is 0 Å². The van der Waals surface area contributed by atoms with E-state index in [-0.39, 0.29) is 25.0 Å². The van der Waals surface area contributed by atoms with Gasteiger partial charge in [0.25, 0.3) is 5.91 Å². The first kappa shape index (κ1) is 18.3. The van der Waals surface area contributed by atoms with Gasteiger partial charge in [0, 0.05) is 38.6 Å². The van der Waals surface area contributed by atoms with Gasteiger partial charge in [0.2, 0.25) is 5.91 Å². The Balaban J connectivity index is 1.35. The minimum Gasteiger partial charge on any atom is -0.480 e. The van der Waals surface area contributed by atoms with Crippen LogP contribution < -0.4 is 14.5 Å². The number of rotatable bonds is 5. The fraction of sp³-hybridized carbons (Fsp3) is 0.381. The predicted molar refractivity (Wildman–Crippen MR) is 106 cm³/mol. The molecule has 7 heteroatoms. The highest BCUT2D eigenvalue weighted by Gasteiger charge is 2.30. The number of hydrogen-bond acceptors (Lipinski definition) is 5. The van der Waals surface area contributed by atoms with Gasteiger partial charge in [0.15, 0.2) is 18.2 Å². The summed E-state index contributed by atoms with van der Waals surface area (Å²) < 4.78 is 5.39. The Morgan fingerprint density at radius 1 is 1.25 bits per heavy atom. The third kappa shape index (κ3) is 3.78. The van der Waals surface area contributed by atoms with Crippen LogP contribution in [0, 0.1) is 5.92 Å². The molecule has 3 heterocycles. The molecule has 146 valence electrons. The summed E-state index contributed by atoms with van der Waals surface area (Å²) in [4.78, 5) is 34.7. The number of carbonyl (C=O) groups excluding carboxylic acids is 2. The maximum atomic E-state index is 12.8. The molecule has 2 aliphatic rings. The summed E-state index contributed by atoms with van der Waals surface area (Å²) >= 11 is 0. The van der Waals surface area contributed by atoms with Crippen LogP contribution in [-0.4, -0.2) is 61.5 Å². The van der Waals surface area contributed by atoms with Gasteiger partial charge in [-0.1, -0.05) is 18.2 Å². The van der Waals surface area contributed by atoms with Crippen molar-refractivity contribution in [2.75, 3.05) is 49.6 Å². The first-order valence-corrected chi connectivity index (χ1v) is 9.54. The molecule has 0 saturated carbocycles. The number of amides is 2. The molecule has 1 atom stereocenters. The third-order valence-corrected chi connectivity index (χ3v) is 5.32. The van der Waals surface area contributed by atoms with Gasteiger partial charge in [-0.05, 0) is 36.6 Å². The predicted octanol–water partition coefficient (Wildman–Crippen LogP) is 1.79. The zero-order chi connectivity index (χ0) is 19.5. The number of carbonyl (C=O) groups is 2. The molecular formula is C21H24N4O3. The fourth-order valence-electron chi connectivity index (χ4n) is 3.80. The van der Waals surface area contributed by atoms with Crippen LogP contribution >= 0.6 is 0 Å². The van der Waals surface area contributed by atoms with Crippen LogP contribution in [0.3, 0.4) is 0 Å². The molecule has 4 rings (SSSR count). The number of likely N-dealkylation sites (N-methyl/N-ethyl adjacent to an activating group) is 1. The molecule has 1 fully saturated rings. The maximum Gasteiger partial charge on any atom is 0.266 e. The Bertz CT molecular complexity index is 858. The van der Waals surface area contributed by atoms with Gasteiger partial charge >= 0.3 is 0 Å². The van der Waals surface area contributed by atoms with Crippen molar-refractivity contribution in [2.45, 2.75) is 6.42 Å². The molecule has 0 aliphatic carbocycles. The number of benzene rings is 1. The van der Waals surface area contributed by atoms with Crippen molar-refractivity contribution >= 4 is 23.3 Å². The van der Waals surface area contributed by atoms with E-state index in [1.54, 1.807) is 30.3 Å². The van der Waals surface area contributed by atoms with Crippen molar-refractivity contribution in [1.29, 1.82) is 0 Å². The standard InChI is InChI=1S/C21H24N4O3/c1-23(12-16-9-11-24(13-16)17-6-3-2-4-7-17)19(26)14-25-20(27)15-28-18-8-5-10-22-21(18)25/h2-8,10,16H,9,11-15H2,1H3/t16-/m0/s1. The van der Waals surface area contributed by atoms with E-state index in [9.17, 15) is 9.59 Å². The molecule has 0 spiro atoms. The van der Waals surface area contributed by atoms with Gasteiger partial charge in [0.05, 0.1) is 0 Å². The van der Waals surface area contributed by atoms with Gasteiger partial charge in [-0.3, -0.25) is 14.5 Å². The quantitative estimate of drug-likeness (QED) is 0.791. The molecule has 2 aliphatic heterocycles.